The molecule has 0 unspecified atom stereocenters. The van der Waals surface area contributed by atoms with Gasteiger partial charge in [-0.2, -0.15) is 0 Å². The summed E-state index contributed by atoms with van der Waals surface area (Å²) >= 11 is 1.82. The minimum Gasteiger partial charge on any atom is -0.480 e. The summed E-state index contributed by atoms with van der Waals surface area (Å²) in [5, 5.41) is 11.6. The van der Waals surface area contributed by atoms with Crippen molar-refractivity contribution < 1.29 is 9.90 Å². The third-order valence-corrected chi connectivity index (χ3v) is 6.14. The fourth-order valence-electron chi connectivity index (χ4n) is 4.08. The van der Waals surface area contributed by atoms with E-state index in [2.05, 4.69) is 34.2 Å². The van der Waals surface area contributed by atoms with Gasteiger partial charge < -0.3 is 5.11 Å². The van der Waals surface area contributed by atoms with Crippen molar-refractivity contribution in [2.75, 3.05) is 26.2 Å². The van der Waals surface area contributed by atoms with Gasteiger partial charge in [-0.1, -0.05) is 13.0 Å². The monoisotopic (exact) mass is 322 g/mol. The Morgan fingerprint density at radius 1 is 1.45 bits per heavy atom. The smallest absolute Gasteiger partial charge is 0.320 e. The van der Waals surface area contributed by atoms with E-state index in [1.54, 1.807) is 0 Å². The van der Waals surface area contributed by atoms with Crippen molar-refractivity contribution in [2.24, 2.45) is 5.41 Å². The van der Waals surface area contributed by atoms with E-state index in [0.717, 1.165) is 58.4 Å². The summed E-state index contributed by atoms with van der Waals surface area (Å²) in [5.41, 5.74) is 0.240. The maximum Gasteiger partial charge on any atom is 0.320 e. The van der Waals surface area contributed by atoms with Gasteiger partial charge in [0.2, 0.25) is 0 Å². The lowest BCUT2D eigenvalue weighted by atomic mass is 9.76. The summed E-state index contributed by atoms with van der Waals surface area (Å²) in [5.74, 6) is -0.633. The van der Waals surface area contributed by atoms with E-state index in [-0.39, 0.29) is 11.5 Å². The van der Waals surface area contributed by atoms with Crippen LogP contribution in [0.15, 0.2) is 17.5 Å². The summed E-state index contributed by atoms with van der Waals surface area (Å²) in [6, 6.07) is 4.06. The number of carboxylic acids is 1. The van der Waals surface area contributed by atoms with Crippen LogP contribution in [0.2, 0.25) is 0 Å². The van der Waals surface area contributed by atoms with Crippen molar-refractivity contribution >= 4 is 17.3 Å². The first kappa shape index (κ1) is 16.0. The highest BCUT2D eigenvalue weighted by molar-refractivity contribution is 7.09. The molecule has 2 saturated heterocycles. The molecular formula is C17H26N2O2S. The second kappa shape index (κ2) is 6.69. The first-order valence-corrected chi connectivity index (χ1v) is 9.21. The molecule has 1 aromatic rings. The normalized spacial score (nSPS) is 25.8. The van der Waals surface area contributed by atoms with E-state index < -0.39 is 5.97 Å². The molecule has 0 radical (unpaired) electrons. The average Bonchev–Trinajstić information content (AvgIpc) is 3.11. The number of hydrogen-bond donors (Lipinski definition) is 1. The van der Waals surface area contributed by atoms with Crippen LogP contribution in [0.1, 0.15) is 37.5 Å². The Morgan fingerprint density at radius 3 is 2.82 bits per heavy atom. The molecule has 2 aliphatic rings. The predicted octanol–water partition coefficient (Wildman–Crippen LogP) is 2.90. The Kier molecular flexibility index (Phi) is 4.85. The zero-order chi connectivity index (χ0) is 15.6. The second-order valence-corrected chi connectivity index (χ2v) is 7.92. The van der Waals surface area contributed by atoms with Gasteiger partial charge in [0, 0.05) is 18.0 Å². The molecule has 5 heteroatoms. The van der Waals surface area contributed by atoms with Crippen molar-refractivity contribution in [3.8, 4) is 0 Å². The molecule has 4 nitrogen and oxygen atoms in total. The maximum atomic E-state index is 11.5. The van der Waals surface area contributed by atoms with Crippen LogP contribution in [0.3, 0.4) is 0 Å². The van der Waals surface area contributed by atoms with Gasteiger partial charge in [-0.05, 0) is 62.2 Å². The molecule has 1 aromatic heterocycles. The fourth-order valence-corrected chi connectivity index (χ4v) is 4.83. The summed E-state index contributed by atoms with van der Waals surface area (Å²) < 4.78 is 0. The Balaban J connectivity index is 1.58. The third kappa shape index (κ3) is 3.36. The van der Waals surface area contributed by atoms with Crippen LogP contribution in [0.25, 0.3) is 0 Å². The van der Waals surface area contributed by atoms with Crippen LogP contribution >= 0.6 is 11.3 Å². The number of carbonyl (C=O) groups is 1. The molecule has 1 N–H and O–H groups in total. The number of thiophene rings is 1. The second-order valence-electron chi connectivity index (χ2n) is 6.88. The minimum atomic E-state index is -0.633. The van der Waals surface area contributed by atoms with Crippen LogP contribution in [0.4, 0.5) is 0 Å². The molecule has 0 saturated carbocycles. The standard InChI is InChI=1S/C17H26N2O2S/c1-2-7-19-13-17(11-15(19)16(20)21)5-8-18(9-6-17)12-14-4-3-10-22-14/h3-4,10,15H,2,5-9,11-13H2,1H3,(H,20,21)/t15-/m0/s1. The first-order chi connectivity index (χ1) is 10.6. The number of aliphatic carboxylic acids is 1. The fraction of sp³-hybridized carbons (Fsp3) is 0.706. The highest BCUT2D eigenvalue weighted by Crippen LogP contribution is 2.43. The van der Waals surface area contributed by atoms with Crippen LogP contribution in [-0.2, 0) is 11.3 Å². The van der Waals surface area contributed by atoms with Gasteiger partial charge in [0.15, 0.2) is 0 Å². The van der Waals surface area contributed by atoms with E-state index >= 15 is 0 Å². The average molecular weight is 322 g/mol. The first-order valence-electron chi connectivity index (χ1n) is 8.33. The molecule has 0 aliphatic carbocycles. The number of likely N-dealkylation sites (tertiary alicyclic amines) is 2. The molecule has 3 heterocycles. The molecule has 1 atom stereocenters. The van der Waals surface area contributed by atoms with Crippen molar-refractivity contribution in [3.05, 3.63) is 22.4 Å². The van der Waals surface area contributed by atoms with Gasteiger partial charge in [0.1, 0.15) is 6.04 Å². The van der Waals surface area contributed by atoms with E-state index in [0.29, 0.717) is 0 Å². The lowest BCUT2D eigenvalue weighted by Crippen LogP contribution is -2.41. The number of rotatable bonds is 5. The van der Waals surface area contributed by atoms with Gasteiger partial charge in [-0.15, -0.1) is 11.3 Å². The molecule has 0 aromatic carbocycles. The van der Waals surface area contributed by atoms with Crippen LogP contribution in [-0.4, -0.2) is 53.1 Å². The summed E-state index contributed by atoms with van der Waals surface area (Å²) in [6.07, 6.45) is 4.16. The lowest BCUT2D eigenvalue weighted by Gasteiger charge is -2.39. The molecule has 0 bridgehead atoms. The Bertz CT molecular complexity index is 495. The van der Waals surface area contributed by atoms with Gasteiger partial charge in [-0.25, -0.2) is 0 Å². The Hall–Kier alpha value is -0.910. The van der Waals surface area contributed by atoms with Gasteiger partial charge in [-0.3, -0.25) is 14.6 Å². The van der Waals surface area contributed by atoms with E-state index in [4.69, 9.17) is 0 Å². The van der Waals surface area contributed by atoms with Gasteiger partial charge in [0.25, 0.3) is 0 Å². The summed E-state index contributed by atoms with van der Waals surface area (Å²) in [7, 11) is 0. The number of carboxylic acid groups (broad SMARTS) is 1. The van der Waals surface area contributed by atoms with Crippen LogP contribution in [0, 0.1) is 5.41 Å². The van der Waals surface area contributed by atoms with Crippen molar-refractivity contribution in [2.45, 2.75) is 45.2 Å². The molecule has 122 valence electrons. The quantitative estimate of drug-likeness (QED) is 0.905. The zero-order valence-corrected chi connectivity index (χ0v) is 14.1. The Labute approximate surface area is 136 Å². The number of hydrogen-bond acceptors (Lipinski definition) is 4. The predicted molar refractivity (Wildman–Crippen MR) is 89.2 cm³/mol. The maximum absolute atomic E-state index is 11.5. The SMILES string of the molecule is CCCN1CC2(CCN(Cc3cccs3)CC2)C[C@H]1C(=O)O. The Morgan fingerprint density at radius 2 is 2.23 bits per heavy atom. The lowest BCUT2D eigenvalue weighted by molar-refractivity contribution is -0.142. The highest BCUT2D eigenvalue weighted by Gasteiger charge is 2.47. The molecular weight excluding hydrogens is 296 g/mol. The molecule has 2 fully saturated rings. The molecule has 3 rings (SSSR count). The number of piperidine rings is 1. The highest BCUT2D eigenvalue weighted by atomic mass is 32.1. The van der Waals surface area contributed by atoms with E-state index in [1.807, 2.05) is 11.3 Å². The number of nitrogens with zero attached hydrogens (tertiary/aromatic N) is 2. The van der Waals surface area contributed by atoms with Gasteiger partial charge in [0.05, 0.1) is 0 Å². The van der Waals surface area contributed by atoms with Crippen molar-refractivity contribution in [1.82, 2.24) is 9.80 Å². The summed E-state index contributed by atoms with van der Waals surface area (Å²) in [6.45, 7) is 7.28. The van der Waals surface area contributed by atoms with Crippen LogP contribution < -0.4 is 0 Å². The molecule has 1 spiro atoms. The van der Waals surface area contributed by atoms with E-state index in [1.165, 1.54) is 4.88 Å². The molecule has 0 amide bonds. The molecule has 2 aliphatic heterocycles. The summed E-state index contributed by atoms with van der Waals surface area (Å²) in [4.78, 5) is 17.7. The van der Waals surface area contributed by atoms with Crippen molar-refractivity contribution in [1.29, 1.82) is 0 Å². The minimum absolute atomic E-state index is 0.240. The van der Waals surface area contributed by atoms with E-state index in [9.17, 15) is 9.90 Å². The van der Waals surface area contributed by atoms with Crippen LogP contribution in [0.5, 0.6) is 0 Å². The zero-order valence-electron chi connectivity index (χ0n) is 13.3. The molecule has 22 heavy (non-hydrogen) atoms. The topological polar surface area (TPSA) is 43.8 Å². The van der Waals surface area contributed by atoms with Crippen molar-refractivity contribution in [3.63, 3.8) is 0 Å². The van der Waals surface area contributed by atoms with Gasteiger partial charge >= 0.3 is 5.97 Å². The third-order valence-electron chi connectivity index (χ3n) is 5.28. The largest absolute Gasteiger partial charge is 0.480 e.